The predicted octanol–water partition coefficient (Wildman–Crippen LogP) is 4.42. The number of hydrogen-bond donors (Lipinski definition) is 2. The van der Waals surface area contributed by atoms with Crippen LogP contribution in [0.15, 0.2) is 42.6 Å². The number of hydrogen-bond acceptors (Lipinski definition) is 1. The van der Waals surface area contributed by atoms with Gasteiger partial charge in [-0.1, -0.05) is 30.0 Å². The van der Waals surface area contributed by atoms with Crippen molar-refractivity contribution in [3.63, 3.8) is 0 Å². The Hall–Kier alpha value is -1.98. The van der Waals surface area contributed by atoms with Crippen molar-refractivity contribution in [1.82, 2.24) is 10.3 Å². The van der Waals surface area contributed by atoms with Gasteiger partial charge in [-0.2, -0.15) is 0 Å². The molecule has 1 aromatic carbocycles. The number of allylic oxidation sites excluding steroid dienone is 1. The van der Waals surface area contributed by atoms with Crippen molar-refractivity contribution >= 4 is 10.9 Å². The lowest BCUT2D eigenvalue weighted by atomic mass is 9.98. The summed E-state index contributed by atoms with van der Waals surface area (Å²) in [6.07, 6.45) is 6.00. The van der Waals surface area contributed by atoms with Gasteiger partial charge in [0.05, 0.1) is 0 Å². The number of aromatic amines is 1. The number of rotatable bonds is 4. The topological polar surface area (TPSA) is 27.8 Å². The molecule has 2 aromatic rings. The first-order valence-corrected chi connectivity index (χ1v) is 7.44. The first-order valence-electron chi connectivity index (χ1n) is 7.44. The van der Waals surface area contributed by atoms with Crippen molar-refractivity contribution in [1.29, 1.82) is 0 Å². The summed E-state index contributed by atoms with van der Waals surface area (Å²) in [4.78, 5) is 3.25. The molecule has 0 saturated heterocycles. The van der Waals surface area contributed by atoms with Crippen molar-refractivity contribution in [3.05, 3.63) is 48.2 Å². The second kappa shape index (κ2) is 6.65. The second-order valence-electron chi connectivity index (χ2n) is 6.34. The minimum atomic E-state index is 0.0645. The SMILES string of the molecule is C[C@@H](NC/C=C/C#CC(C)(C)C)c1cccc2[nH]ccc12. The molecule has 0 aliphatic rings. The lowest BCUT2D eigenvalue weighted by molar-refractivity contribution is 0.571. The number of fused-ring (bicyclic) bond motifs is 1. The van der Waals surface area contributed by atoms with Gasteiger partial charge in [-0.3, -0.25) is 0 Å². The Balaban J connectivity index is 1.93. The fraction of sp³-hybridized carbons (Fsp3) is 0.368. The van der Waals surface area contributed by atoms with Gasteiger partial charge in [-0.05, 0) is 51.5 Å². The molecule has 0 amide bonds. The molecule has 0 spiro atoms. The van der Waals surface area contributed by atoms with Crippen LogP contribution >= 0.6 is 0 Å². The molecule has 0 unspecified atom stereocenters. The van der Waals surface area contributed by atoms with E-state index >= 15 is 0 Å². The predicted molar refractivity (Wildman–Crippen MR) is 91.1 cm³/mol. The molecular weight excluding hydrogens is 256 g/mol. The Morgan fingerprint density at radius 3 is 2.86 bits per heavy atom. The molecule has 2 N–H and O–H groups in total. The maximum Gasteiger partial charge on any atom is 0.0457 e. The van der Waals surface area contributed by atoms with Crippen LogP contribution < -0.4 is 5.32 Å². The normalized spacial score (nSPS) is 13.3. The third-order valence-electron chi connectivity index (χ3n) is 3.29. The van der Waals surface area contributed by atoms with Crippen LogP contribution in [0.1, 0.15) is 39.3 Å². The lowest BCUT2D eigenvalue weighted by Gasteiger charge is -2.14. The van der Waals surface area contributed by atoms with E-state index in [9.17, 15) is 0 Å². The first-order chi connectivity index (χ1) is 9.97. The van der Waals surface area contributed by atoms with E-state index in [-0.39, 0.29) is 5.41 Å². The zero-order valence-electron chi connectivity index (χ0n) is 13.3. The number of nitrogens with one attached hydrogen (secondary N) is 2. The van der Waals surface area contributed by atoms with E-state index in [0.29, 0.717) is 6.04 Å². The molecule has 2 nitrogen and oxygen atoms in total. The highest BCUT2D eigenvalue weighted by Gasteiger charge is 2.08. The summed E-state index contributed by atoms with van der Waals surface area (Å²) in [5, 5.41) is 4.80. The number of benzene rings is 1. The highest BCUT2D eigenvalue weighted by atomic mass is 14.9. The van der Waals surface area contributed by atoms with Crippen molar-refractivity contribution in [2.24, 2.45) is 5.41 Å². The largest absolute Gasteiger partial charge is 0.361 e. The molecular formula is C19H24N2. The second-order valence-corrected chi connectivity index (χ2v) is 6.34. The summed E-state index contributed by atoms with van der Waals surface area (Å²) in [7, 11) is 0. The third-order valence-corrected chi connectivity index (χ3v) is 3.29. The van der Waals surface area contributed by atoms with Crippen molar-refractivity contribution in [2.75, 3.05) is 6.54 Å². The molecule has 2 rings (SSSR count). The molecule has 1 heterocycles. The van der Waals surface area contributed by atoms with Crippen LogP contribution in [0.4, 0.5) is 0 Å². The Morgan fingerprint density at radius 2 is 2.10 bits per heavy atom. The van der Waals surface area contributed by atoms with Crippen LogP contribution in [0.5, 0.6) is 0 Å². The molecule has 1 atom stereocenters. The van der Waals surface area contributed by atoms with Crippen LogP contribution in [0.2, 0.25) is 0 Å². The van der Waals surface area contributed by atoms with E-state index in [1.54, 1.807) is 0 Å². The standard InChI is InChI=1S/C19H24N2/c1-15(20-13-7-5-6-12-19(2,3)4)16-9-8-10-18-17(16)11-14-21-18/h5,7-11,14-15,20-21H,13H2,1-4H3/b7-5+/t15-/m1/s1. The van der Waals surface area contributed by atoms with Crippen molar-refractivity contribution in [3.8, 4) is 11.8 Å². The number of H-pyrrole nitrogens is 1. The molecule has 0 radical (unpaired) electrons. The Kier molecular flexibility index (Phi) is 4.88. The van der Waals surface area contributed by atoms with Crippen LogP contribution in [0.25, 0.3) is 10.9 Å². The van der Waals surface area contributed by atoms with Gasteiger partial charge in [0.1, 0.15) is 0 Å². The van der Waals surface area contributed by atoms with Gasteiger partial charge in [-0.15, -0.1) is 0 Å². The van der Waals surface area contributed by atoms with Gasteiger partial charge in [0.15, 0.2) is 0 Å². The Morgan fingerprint density at radius 1 is 1.29 bits per heavy atom. The molecule has 0 bridgehead atoms. The van der Waals surface area contributed by atoms with Gasteiger partial charge in [0.25, 0.3) is 0 Å². The van der Waals surface area contributed by atoms with Crippen LogP contribution in [0, 0.1) is 17.3 Å². The molecule has 110 valence electrons. The van der Waals surface area contributed by atoms with Crippen molar-refractivity contribution in [2.45, 2.75) is 33.7 Å². The van der Waals surface area contributed by atoms with E-state index < -0.39 is 0 Å². The fourth-order valence-corrected chi connectivity index (χ4v) is 2.22. The highest BCUT2D eigenvalue weighted by molar-refractivity contribution is 5.83. The smallest absolute Gasteiger partial charge is 0.0457 e. The third kappa shape index (κ3) is 4.51. The van der Waals surface area contributed by atoms with Gasteiger partial charge in [-0.25, -0.2) is 0 Å². The maximum atomic E-state index is 3.51. The summed E-state index contributed by atoms with van der Waals surface area (Å²) in [6, 6.07) is 8.82. The molecule has 21 heavy (non-hydrogen) atoms. The van der Waals surface area contributed by atoms with Gasteiger partial charge in [0.2, 0.25) is 0 Å². The van der Waals surface area contributed by atoms with E-state index in [1.807, 2.05) is 12.3 Å². The molecule has 0 saturated carbocycles. The molecule has 2 heteroatoms. The van der Waals surface area contributed by atoms with Gasteiger partial charge >= 0.3 is 0 Å². The summed E-state index contributed by atoms with van der Waals surface area (Å²) in [5.74, 6) is 6.28. The summed E-state index contributed by atoms with van der Waals surface area (Å²) in [6.45, 7) is 9.36. The van der Waals surface area contributed by atoms with Gasteiger partial charge in [0, 0.05) is 35.1 Å². The average Bonchev–Trinajstić information content (AvgIpc) is 2.89. The molecule has 0 aliphatic heterocycles. The zero-order chi connectivity index (χ0) is 15.3. The number of aromatic nitrogens is 1. The lowest BCUT2D eigenvalue weighted by Crippen LogP contribution is -2.18. The Labute approximate surface area is 127 Å². The fourth-order valence-electron chi connectivity index (χ4n) is 2.22. The van der Waals surface area contributed by atoms with Gasteiger partial charge < -0.3 is 10.3 Å². The highest BCUT2D eigenvalue weighted by Crippen LogP contribution is 2.23. The van der Waals surface area contributed by atoms with Crippen LogP contribution in [-0.4, -0.2) is 11.5 Å². The first kappa shape index (κ1) is 15.4. The van der Waals surface area contributed by atoms with Crippen LogP contribution in [0.3, 0.4) is 0 Å². The van der Waals surface area contributed by atoms with Crippen LogP contribution in [-0.2, 0) is 0 Å². The maximum absolute atomic E-state index is 3.51. The summed E-state index contributed by atoms with van der Waals surface area (Å²) >= 11 is 0. The average molecular weight is 280 g/mol. The monoisotopic (exact) mass is 280 g/mol. The molecule has 0 fully saturated rings. The Bertz CT molecular complexity index is 675. The molecule has 0 aliphatic carbocycles. The zero-order valence-corrected chi connectivity index (χ0v) is 13.3. The summed E-state index contributed by atoms with van der Waals surface area (Å²) < 4.78 is 0. The van der Waals surface area contributed by atoms with E-state index in [1.165, 1.54) is 16.5 Å². The van der Waals surface area contributed by atoms with E-state index in [2.05, 4.69) is 80.2 Å². The minimum absolute atomic E-state index is 0.0645. The molecule has 1 aromatic heterocycles. The quantitative estimate of drug-likeness (QED) is 0.797. The summed E-state index contributed by atoms with van der Waals surface area (Å²) in [5.41, 5.74) is 2.57. The van der Waals surface area contributed by atoms with Crippen molar-refractivity contribution < 1.29 is 0 Å². The minimum Gasteiger partial charge on any atom is -0.361 e. The van der Waals surface area contributed by atoms with E-state index in [4.69, 9.17) is 0 Å². The van der Waals surface area contributed by atoms with E-state index in [0.717, 1.165) is 6.54 Å².